The largest absolute Gasteiger partial charge is 0.423 e. The molecule has 0 saturated carbocycles. The zero-order chi connectivity index (χ0) is 12.8. The number of rotatable bonds is 3. The van der Waals surface area contributed by atoms with Crippen LogP contribution in [0, 0.1) is 22.7 Å². The molecule has 6 heteroatoms. The summed E-state index contributed by atoms with van der Waals surface area (Å²) in [6, 6.07) is 10.7. The van der Waals surface area contributed by atoms with Crippen LogP contribution in [0.4, 0.5) is 5.69 Å². The van der Waals surface area contributed by atoms with Gasteiger partial charge in [0.25, 0.3) is 0 Å². The van der Waals surface area contributed by atoms with Crippen molar-refractivity contribution < 1.29 is 4.42 Å². The summed E-state index contributed by atoms with van der Waals surface area (Å²) in [7, 11) is 0. The molecule has 86 valence electrons. The fourth-order valence-electron chi connectivity index (χ4n) is 1.25. The Morgan fingerprint density at radius 1 is 1.22 bits per heavy atom. The average molecular weight is 237 g/mol. The Labute approximate surface area is 103 Å². The van der Waals surface area contributed by atoms with Gasteiger partial charge in [-0.05, 0) is 24.3 Å². The van der Waals surface area contributed by atoms with Gasteiger partial charge in [0.05, 0.1) is 0 Å². The molecule has 0 bridgehead atoms. The van der Waals surface area contributed by atoms with E-state index in [-0.39, 0.29) is 5.57 Å². The number of aromatic nitrogens is 2. The first-order chi connectivity index (χ1) is 8.83. The van der Waals surface area contributed by atoms with Gasteiger partial charge >= 0.3 is 0 Å². The van der Waals surface area contributed by atoms with Crippen LogP contribution in [0.5, 0.6) is 0 Å². The van der Waals surface area contributed by atoms with Gasteiger partial charge in [-0.3, -0.25) is 0 Å². The highest BCUT2D eigenvalue weighted by molar-refractivity contribution is 5.59. The van der Waals surface area contributed by atoms with Gasteiger partial charge in [0.15, 0.2) is 0 Å². The van der Waals surface area contributed by atoms with E-state index >= 15 is 0 Å². The van der Waals surface area contributed by atoms with Crippen LogP contribution in [0.15, 0.2) is 46.8 Å². The first-order valence-corrected chi connectivity index (χ1v) is 4.97. The van der Waals surface area contributed by atoms with E-state index in [1.807, 2.05) is 0 Å². The number of benzene rings is 1. The van der Waals surface area contributed by atoms with E-state index in [2.05, 4.69) is 15.5 Å². The zero-order valence-electron chi connectivity index (χ0n) is 9.16. The van der Waals surface area contributed by atoms with Crippen LogP contribution in [0.25, 0.3) is 11.5 Å². The van der Waals surface area contributed by atoms with Crippen LogP contribution in [0.2, 0.25) is 0 Å². The van der Waals surface area contributed by atoms with Crippen molar-refractivity contribution in [1.29, 1.82) is 10.5 Å². The Bertz CT molecular complexity index is 613. The third-order valence-corrected chi connectivity index (χ3v) is 2.12. The van der Waals surface area contributed by atoms with E-state index in [1.54, 1.807) is 36.4 Å². The molecule has 0 aliphatic rings. The minimum Gasteiger partial charge on any atom is -0.423 e. The summed E-state index contributed by atoms with van der Waals surface area (Å²) >= 11 is 0. The molecule has 0 spiro atoms. The Kier molecular flexibility index (Phi) is 3.34. The maximum Gasteiger partial charge on any atom is 0.247 e. The second-order valence-electron chi connectivity index (χ2n) is 3.25. The van der Waals surface area contributed by atoms with Gasteiger partial charge in [-0.25, -0.2) is 0 Å². The molecule has 0 radical (unpaired) electrons. The molecule has 0 aliphatic carbocycles. The highest BCUT2D eigenvalue weighted by Gasteiger charge is 2.02. The molecule has 1 aromatic carbocycles. The lowest BCUT2D eigenvalue weighted by Crippen LogP contribution is -1.89. The minimum absolute atomic E-state index is 0.0102. The van der Waals surface area contributed by atoms with Gasteiger partial charge in [-0.1, -0.05) is 0 Å². The summed E-state index contributed by atoms with van der Waals surface area (Å²) in [5, 5.41) is 27.3. The normalized spacial score (nSPS) is 9.00. The third-order valence-electron chi connectivity index (χ3n) is 2.12. The molecule has 1 N–H and O–H groups in total. The van der Waals surface area contributed by atoms with Crippen LogP contribution in [-0.4, -0.2) is 10.2 Å². The number of nitriles is 2. The molecule has 0 aliphatic heterocycles. The molecule has 18 heavy (non-hydrogen) atoms. The van der Waals surface area contributed by atoms with Gasteiger partial charge < -0.3 is 9.73 Å². The summed E-state index contributed by atoms with van der Waals surface area (Å²) in [5.41, 5.74) is 1.56. The molecule has 0 atom stereocenters. The monoisotopic (exact) mass is 237 g/mol. The third kappa shape index (κ3) is 2.52. The first kappa shape index (κ1) is 11.4. The Morgan fingerprint density at radius 2 is 1.94 bits per heavy atom. The van der Waals surface area contributed by atoms with Crippen LogP contribution in [0.1, 0.15) is 0 Å². The van der Waals surface area contributed by atoms with Crippen molar-refractivity contribution in [2.45, 2.75) is 0 Å². The van der Waals surface area contributed by atoms with E-state index in [0.717, 1.165) is 11.3 Å². The Morgan fingerprint density at radius 3 is 2.50 bits per heavy atom. The molecule has 1 heterocycles. The van der Waals surface area contributed by atoms with Crippen molar-refractivity contribution in [2.75, 3.05) is 5.32 Å². The highest BCUT2D eigenvalue weighted by atomic mass is 16.4. The second-order valence-corrected chi connectivity index (χ2v) is 3.25. The molecule has 0 amide bonds. The summed E-state index contributed by atoms with van der Waals surface area (Å²) in [6.45, 7) is 0. The smallest absolute Gasteiger partial charge is 0.247 e. The molecule has 0 fully saturated rings. The second kappa shape index (κ2) is 5.28. The predicted octanol–water partition coefficient (Wildman–Crippen LogP) is 2.08. The van der Waals surface area contributed by atoms with Crippen molar-refractivity contribution in [1.82, 2.24) is 10.2 Å². The molecule has 0 saturated heterocycles. The Balaban J connectivity index is 2.12. The van der Waals surface area contributed by atoms with Crippen molar-refractivity contribution in [3.8, 4) is 23.6 Å². The fraction of sp³-hybridized carbons (Fsp3) is 0. The summed E-state index contributed by atoms with van der Waals surface area (Å²) in [4.78, 5) is 0. The summed E-state index contributed by atoms with van der Waals surface area (Å²) in [6.07, 6.45) is 2.61. The number of nitrogens with one attached hydrogen (secondary N) is 1. The van der Waals surface area contributed by atoms with Gasteiger partial charge in [0.1, 0.15) is 17.7 Å². The van der Waals surface area contributed by atoms with Crippen molar-refractivity contribution in [3.63, 3.8) is 0 Å². The lowest BCUT2D eigenvalue weighted by Gasteiger charge is -2.00. The number of hydrogen-bond acceptors (Lipinski definition) is 6. The first-order valence-electron chi connectivity index (χ1n) is 4.97. The Hall–Kier alpha value is -3.12. The SMILES string of the molecule is N#CC(C#N)=CNc1ccc(-c2nnco2)cc1. The molecule has 1 aromatic heterocycles. The van der Waals surface area contributed by atoms with Gasteiger partial charge in [-0.15, -0.1) is 10.2 Å². The quantitative estimate of drug-likeness (QED) is 0.820. The predicted molar refractivity (Wildman–Crippen MR) is 62.7 cm³/mol. The van der Waals surface area contributed by atoms with E-state index in [1.165, 1.54) is 12.6 Å². The fourth-order valence-corrected chi connectivity index (χ4v) is 1.25. The van der Waals surface area contributed by atoms with Gasteiger partial charge in [-0.2, -0.15) is 10.5 Å². The standard InChI is InChI=1S/C12H7N5O/c13-5-9(6-14)7-15-11-3-1-10(2-4-11)12-17-16-8-18-12/h1-4,7-8,15H. The van der Waals surface area contributed by atoms with Gasteiger partial charge in [0.2, 0.25) is 12.3 Å². The lowest BCUT2D eigenvalue weighted by molar-refractivity contribution is 0.568. The molecule has 6 nitrogen and oxygen atoms in total. The molecule has 2 rings (SSSR count). The van der Waals surface area contributed by atoms with Crippen LogP contribution >= 0.6 is 0 Å². The van der Waals surface area contributed by atoms with E-state index in [0.29, 0.717) is 5.89 Å². The maximum absolute atomic E-state index is 8.56. The molecular formula is C12H7N5O. The van der Waals surface area contributed by atoms with E-state index in [9.17, 15) is 0 Å². The van der Waals surface area contributed by atoms with E-state index < -0.39 is 0 Å². The van der Waals surface area contributed by atoms with Crippen LogP contribution < -0.4 is 5.32 Å². The topological polar surface area (TPSA) is 98.5 Å². The molecular weight excluding hydrogens is 230 g/mol. The lowest BCUT2D eigenvalue weighted by atomic mass is 10.2. The van der Waals surface area contributed by atoms with Crippen molar-refractivity contribution in [3.05, 3.63) is 42.4 Å². The number of hydrogen-bond donors (Lipinski definition) is 1. The minimum atomic E-state index is 0.0102. The molecule has 0 unspecified atom stereocenters. The summed E-state index contributed by atoms with van der Waals surface area (Å²) < 4.78 is 5.05. The van der Waals surface area contributed by atoms with Gasteiger partial charge in [0, 0.05) is 17.5 Å². The zero-order valence-corrected chi connectivity index (χ0v) is 9.16. The average Bonchev–Trinajstić information content (AvgIpc) is 2.94. The van der Waals surface area contributed by atoms with Crippen molar-refractivity contribution in [2.24, 2.45) is 0 Å². The number of anilines is 1. The van der Waals surface area contributed by atoms with Crippen LogP contribution in [-0.2, 0) is 0 Å². The summed E-state index contributed by atoms with van der Waals surface area (Å²) in [5.74, 6) is 0.437. The number of nitrogens with zero attached hydrogens (tertiary/aromatic N) is 4. The molecule has 2 aromatic rings. The van der Waals surface area contributed by atoms with E-state index in [4.69, 9.17) is 14.9 Å². The number of allylic oxidation sites excluding steroid dienone is 1. The van der Waals surface area contributed by atoms with Crippen molar-refractivity contribution >= 4 is 5.69 Å². The highest BCUT2D eigenvalue weighted by Crippen LogP contribution is 2.18. The van der Waals surface area contributed by atoms with Crippen LogP contribution in [0.3, 0.4) is 0 Å². The maximum atomic E-state index is 8.56.